The average Bonchev–Trinajstić information content (AvgIpc) is 2.97. The van der Waals surface area contributed by atoms with Crippen molar-refractivity contribution in [3.05, 3.63) is 36.0 Å². The number of hydrogen-bond donors (Lipinski definition) is 2. The van der Waals surface area contributed by atoms with Crippen molar-refractivity contribution in [3.8, 4) is 0 Å². The summed E-state index contributed by atoms with van der Waals surface area (Å²) in [5.41, 5.74) is 2.16. The molecule has 2 N–H and O–H groups in total. The summed E-state index contributed by atoms with van der Waals surface area (Å²) in [5.74, 6) is 0.116. The summed E-state index contributed by atoms with van der Waals surface area (Å²) in [6.07, 6.45) is 3.44. The van der Waals surface area contributed by atoms with Crippen molar-refractivity contribution < 1.29 is 4.79 Å². The standard InChI is InChI=1S/C15H19N3O/c1-18-7-6-12(10-18)17-15(19)8-11-9-16-14-5-3-2-4-13(11)14/h2-5,9,12,16H,6-8,10H2,1H3,(H,17,19)/t12-/m1/s1. The maximum Gasteiger partial charge on any atom is 0.224 e. The fourth-order valence-electron chi connectivity index (χ4n) is 2.78. The lowest BCUT2D eigenvalue weighted by Gasteiger charge is -2.12. The lowest BCUT2D eigenvalue weighted by molar-refractivity contribution is -0.121. The second kappa shape index (κ2) is 5.05. The number of hydrogen-bond acceptors (Lipinski definition) is 2. The smallest absolute Gasteiger partial charge is 0.224 e. The van der Waals surface area contributed by atoms with Crippen molar-refractivity contribution >= 4 is 16.8 Å². The van der Waals surface area contributed by atoms with Crippen LogP contribution in [0.3, 0.4) is 0 Å². The average molecular weight is 257 g/mol. The molecule has 1 aromatic carbocycles. The van der Waals surface area contributed by atoms with Crippen LogP contribution in [0.2, 0.25) is 0 Å². The predicted octanol–water partition coefficient (Wildman–Crippen LogP) is 1.53. The summed E-state index contributed by atoms with van der Waals surface area (Å²) in [7, 11) is 2.09. The molecule has 0 saturated carbocycles. The van der Waals surface area contributed by atoms with Gasteiger partial charge in [0.2, 0.25) is 5.91 Å². The molecule has 0 bridgehead atoms. The number of aromatic amines is 1. The van der Waals surface area contributed by atoms with E-state index in [1.165, 1.54) is 0 Å². The van der Waals surface area contributed by atoms with Crippen molar-refractivity contribution in [1.29, 1.82) is 0 Å². The van der Waals surface area contributed by atoms with Crippen LogP contribution < -0.4 is 5.32 Å². The number of para-hydroxylation sites is 1. The van der Waals surface area contributed by atoms with Crippen molar-refractivity contribution in [1.82, 2.24) is 15.2 Å². The molecule has 1 atom stereocenters. The van der Waals surface area contributed by atoms with E-state index in [1.54, 1.807) is 0 Å². The molecule has 3 rings (SSSR count). The number of benzene rings is 1. The van der Waals surface area contributed by atoms with Crippen LogP contribution in [0.5, 0.6) is 0 Å². The minimum atomic E-state index is 0.116. The highest BCUT2D eigenvalue weighted by Crippen LogP contribution is 2.18. The maximum absolute atomic E-state index is 12.1. The molecule has 4 heteroatoms. The number of nitrogens with zero attached hydrogens (tertiary/aromatic N) is 1. The van der Waals surface area contributed by atoms with Gasteiger partial charge in [-0.05, 0) is 31.6 Å². The van der Waals surface area contributed by atoms with Crippen LogP contribution in [-0.4, -0.2) is 42.0 Å². The third kappa shape index (κ3) is 2.63. The number of likely N-dealkylation sites (tertiary alicyclic amines) is 1. The van der Waals surface area contributed by atoms with Gasteiger partial charge < -0.3 is 15.2 Å². The van der Waals surface area contributed by atoms with Crippen molar-refractivity contribution in [3.63, 3.8) is 0 Å². The Labute approximate surface area is 112 Å². The molecule has 1 amide bonds. The zero-order valence-electron chi connectivity index (χ0n) is 11.1. The van der Waals surface area contributed by atoms with Gasteiger partial charge in [-0.2, -0.15) is 0 Å². The summed E-state index contributed by atoms with van der Waals surface area (Å²) in [6, 6.07) is 8.39. The molecule has 1 aliphatic heterocycles. The van der Waals surface area contributed by atoms with E-state index < -0.39 is 0 Å². The van der Waals surface area contributed by atoms with Crippen LogP contribution in [0.25, 0.3) is 10.9 Å². The molecule has 100 valence electrons. The van der Waals surface area contributed by atoms with E-state index >= 15 is 0 Å². The predicted molar refractivity (Wildman–Crippen MR) is 76.0 cm³/mol. The van der Waals surface area contributed by atoms with E-state index in [0.29, 0.717) is 12.5 Å². The highest BCUT2D eigenvalue weighted by Gasteiger charge is 2.21. The lowest BCUT2D eigenvalue weighted by atomic mass is 10.1. The summed E-state index contributed by atoms with van der Waals surface area (Å²) < 4.78 is 0. The Kier molecular flexibility index (Phi) is 3.25. The molecule has 0 aliphatic carbocycles. The van der Waals surface area contributed by atoms with Gasteiger partial charge in [0.1, 0.15) is 0 Å². The van der Waals surface area contributed by atoms with E-state index in [0.717, 1.165) is 36.0 Å². The van der Waals surface area contributed by atoms with Crippen LogP contribution in [-0.2, 0) is 11.2 Å². The van der Waals surface area contributed by atoms with Gasteiger partial charge in [0.05, 0.1) is 6.42 Å². The second-order valence-electron chi connectivity index (χ2n) is 5.35. The first kappa shape index (κ1) is 12.2. The molecule has 1 fully saturated rings. The van der Waals surface area contributed by atoms with E-state index in [2.05, 4.69) is 28.3 Å². The molecule has 2 aromatic rings. The summed E-state index contributed by atoms with van der Waals surface area (Å²) >= 11 is 0. The van der Waals surface area contributed by atoms with E-state index in [9.17, 15) is 4.79 Å². The van der Waals surface area contributed by atoms with Crippen molar-refractivity contribution in [2.75, 3.05) is 20.1 Å². The number of fused-ring (bicyclic) bond motifs is 1. The van der Waals surface area contributed by atoms with Gasteiger partial charge in [0.15, 0.2) is 0 Å². The normalized spacial score (nSPS) is 19.9. The molecule has 1 saturated heterocycles. The number of carbonyl (C=O) groups excluding carboxylic acids is 1. The van der Waals surface area contributed by atoms with Gasteiger partial charge in [-0.1, -0.05) is 18.2 Å². The van der Waals surface area contributed by atoms with Crippen molar-refractivity contribution in [2.24, 2.45) is 0 Å². The first-order chi connectivity index (χ1) is 9.22. The Morgan fingerprint density at radius 1 is 1.47 bits per heavy atom. The zero-order valence-corrected chi connectivity index (χ0v) is 11.1. The van der Waals surface area contributed by atoms with Gasteiger partial charge in [0.25, 0.3) is 0 Å². The molecule has 2 heterocycles. The van der Waals surface area contributed by atoms with Crippen LogP contribution >= 0.6 is 0 Å². The topological polar surface area (TPSA) is 48.1 Å². The van der Waals surface area contributed by atoms with Gasteiger partial charge >= 0.3 is 0 Å². The molecule has 0 radical (unpaired) electrons. The molecule has 1 aromatic heterocycles. The van der Waals surface area contributed by atoms with Crippen LogP contribution in [0.4, 0.5) is 0 Å². The van der Waals surface area contributed by atoms with Gasteiger partial charge in [0, 0.05) is 29.7 Å². The Hall–Kier alpha value is -1.81. The summed E-state index contributed by atoms with van der Waals surface area (Å²) in [5, 5.41) is 4.26. The van der Waals surface area contributed by atoms with Gasteiger partial charge in [-0.25, -0.2) is 0 Å². The first-order valence-corrected chi connectivity index (χ1v) is 6.75. The number of rotatable bonds is 3. The first-order valence-electron chi connectivity index (χ1n) is 6.75. The van der Waals surface area contributed by atoms with Gasteiger partial charge in [-0.15, -0.1) is 0 Å². The number of H-pyrrole nitrogens is 1. The van der Waals surface area contributed by atoms with E-state index in [1.807, 2.05) is 24.4 Å². The molecular formula is C15H19N3O. The Bertz CT molecular complexity index is 590. The summed E-state index contributed by atoms with van der Waals surface area (Å²) in [6.45, 7) is 2.03. The molecule has 1 aliphatic rings. The zero-order chi connectivity index (χ0) is 13.2. The van der Waals surface area contributed by atoms with E-state index in [4.69, 9.17) is 0 Å². The largest absolute Gasteiger partial charge is 0.361 e. The minimum Gasteiger partial charge on any atom is -0.361 e. The number of nitrogens with one attached hydrogen (secondary N) is 2. The monoisotopic (exact) mass is 257 g/mol. The van der Waals surface area contributed by atoms with Crippen molar-refractivity contribution in [2.45, 2.75) is 18.9 Å². The third-order valence-corrected chi connectivity index (χ3v) is 3.78. The fourth-order valence-corrected chi connectivity index (χ4v) is 2.78. The third-order valence-electron chi connectivity index (χ3n) is 3.78. The Morgan fingerprint density at radius 2 is 2.32 bits per heavy atom. The quantitative estimate of drug-likeness (QED) is 0.876. The fraction of sp³-hybridized carbons (Fsp3) is 0.400. The molecular weight excluding hydrogens is 238 g/mol. The summed E-state index contributed by atoms with van der Waals surface area (Å²) in [4.78, 5) is 17.5. The molecule has 19 heavy (non-hydrogen) atoms. The molecule has 4 nitrogen and oxygen atoms in total. The molecule has 0 unspecified atom stereocenters. The number of amides is 1. The number of likely N-dealkylation sites (N-methyl/N-ethyl adjacent to an activating group) is 1. The minimum absolute atomic E-state index is 0.116. The van der Waals surface area contributed by atoms with Crippen LogP contribution in [0.15, 0.2) is 30.5 Å². The van der Waals surface area contributed by atoms with Gasteiger partial charge in [-0.3, -0.25) is 4.79 Å². The molecule has 0 spiro atoms. The number of carbonyl (C=O) groups is 1. The Balaban J connectivity index is 1.66. The SMILES string of the molecule is CN1CC[C@@H](NC(=O)Cc2c[nH]c3ccccc23)C1. The maximum atomic E-state index is 12.1. The van der Waals surface area contributed by atoms with Crippen LogP contribution in [0, 0.1) is 0 Å². The highest BCUT2D eigenvalue weighted by molar-refractivity contribution is 5.88. The lowest BCUT2D eigenvalue weighted by Crippen LogP contribution is -2.37. The highest BCUT2D eigenvalue weighted by atomic mass is 16.1. The second-order valence-corrected chi connectivity index (χ2v) is 5.35. The number of aromatic nitrogens is 1. The Morgan fingerprint density at radius 3 is 3.11 bits per heavy atom. The van der Waals surface area contributed by atoms with E-state index in [-0.39, 0.29) is 5.91 Å². The van der Waals surface area contributed by atoms with Crippen LogP contribution in [0.1, 0.15) is 12.0 Å².